The van der Waals surface area contributed by atoms with Gasteiger partial charge in [-0.15, -0.1) is 0 Å². The van der Waals surface area contributed by atoms with E-state index in [1.807, 2.05) is 51.1 Å². The van der Waals surface area contributed by atoms with Crippen molar-refractivity contribution in [3.63, 3.8) is 0 Å². The van der Waals surface area contributed by atoms with Crippen LogP contribution >= 0.6 is 0 Å². The predicted molar refractivity (Wildman–Crippen MR) is 77.3 cm³/mol. The van der Waals surface area contributed by atoms with Gasteiger partial charge in [-0.3, -0.25) is 9.59 Å². The Labute approximate surface area is 119 Å². The predicted octanol–water partition coefficient (Wildman–Crippen LogP) is 1.44. The summed E-state index contributed by atoms with van der Waals surface area (Å²) in [5, 5.41) is 9.00. The van der Waals surface area contributed by atoms with Gasteiger partial charge in [-0.25, -0.2) is 0 Å². The maximum atomic E-state index is 12.6. The van der Waals surface area contributed by atoms with Crippen LogP contribution in [0.3, 0.4) is 0 Å². The normalized spacial score (nSPS) is 12.8. The van der Waals surface area contributed by atoms with E-state index in [0.717, 1.165) is 5.56 Å². The summed E-state index contributed by atoms with van der Waals surface area (Å²) in [6.45, 7) is 5.26. The average molecular weight is 278 g/mol. The van der Waals surface area contributed by atoms with Crippen LogP contribution in [0, 0.1) is 0 Å². The van der Waals surface area contributed by atoms with Crippen LogP contribution in [0.15, 0.2) is 30.3 Å². The van der Waals surface area contributed by atoms with Crippen LogP contribution in [-0.2, 0) is 9.59 Å². The Bertz CT molecular complexity index is 466. The lowest BCUT2D eigenvalue weighted by Crippen LogP contribution is -2.51. The van der Waals surface area contributed by atoms with E-state index < -0.39 is 17.4 Å². The van der Waals surface area contributed by atoms with Gasteiger partial charge in [0.25, 0.3) is 0 Å². The molecule has 0 spiro atoms. The molecule has 1 aromatic rings. The Morgan fingerprint density at radius 2 is 1.80 bits per heavy atom. The van der Waals surface area contributed by atoms with Gasteiger partial charge in [0.15, 0.2) is 0 Å². The molecule has 0 aliphatic heterocycles. The Balaban J connectivity index is 3.06. The standard InChI is InChI=1S/C15H22N2O3/c1-15(2,3)17(10-13(18)19)14(20)12(9-16)11-7-5-4-6-8-11/h4-8,12H,9-10,16H2,1-3H3,(H,18,19). The molecule has 1 atom stereocenters. The molecule has 20 heavy (non-hydrogen) atoms. The van der Waals surface area contributed by atoms with Gasteiger partial charge >= 0.3 is 5.97 Å². The van der Waals surface area contributed by atoms with E-state index in [9.17, 15) is 9.59 Å². The first-order valence-electron chi connectivity index (χ1n) is 6.55. The molecule has 110 valence electrons. The molecule has 0 saturated heterocycles. The Kier molecular flexibility index (Phi) is 5.27. The second-order valence-corrected chi connectivity index (χ2v) is 5.69. The maximum Gasteiger partial charge on any atom is 0.323 e. The third-order valence-electron chi connectivity index (χ3n) is 3.10. The number of carboxylic acids is 1. The third-order valence-corrected chi connectivity index (χ3v) is 3.10. The van der Waals surface area contributed by atoms with Crippen LogP contribution in [0.25, 0.3) is 0 Å². The summed E-state index contributed by atoms with van der Waals surface area (Å²) < 4.78 is 0. The first kappa shape index (κ1) is 16.2. The van der Waals surface area contributed by atoms with E-state index >= 15 is 0 Å². The van der Waals surface area contributed by atoms with Crippen LogP contribution in [-0.4, -0.2) is 40.5 Å². The summed E-state index contributed by atoms with van der Waals surface area (Å²) in [7, 11) is 0. The Morgan fingerprint density at radius 1 is 1.25 bits per heavy atom. The zero-order valence-corrected chi connectivity index (χ0v) is 12.2. The highest BCUT2D eigenvalue weighted by Gasteiger charge is 2.33. The second-order valence-electron chi connectivity index (χ2n) is 5.69. The van der Waals surface area contributed by atoms with E-state index in [4.69, 9.17) is 10.8 Å². The summed E-state index contributed by atoms with van der Waals surface area (Å²) in [6, 6.07) is 9.20. The molecule has 3 N–H and O–H groups in total. The molecule has 0 aliphatic rings. The van der Waals surface area contributed by atoms with E-state index in [2.05, 4.69) is 0 Å². The number of carboxylic acid groups (broad SMARTS) is 1. The fourth-order valence-corrected chi connectivity index (χ4v) is 2.03. The van der Waals surface area contributed by atoms with Gasteiger partial charge in [-0.2, -0.15) is 0 Å². The van der Waals surface area contributed by atoms with Gasteiger partial charge in [0, 0.05) is 12.1 Å². The molecule has 1 aromatic carbocycles. The highest BCUT2D eigenvalue weighted by atomic mass is 16.4. The van der Waals surface area contributed by atoms with Crippen LogP contribution in [0.4, 0.5) is 0 Å². The van der Waals surface area contributed by atoms with Crippen LogP contribution in [0.5, 0.6) is 0 Å². The molecule has 0 heterocycles. The topological polar surface area (TPSA) is 83.6 Å². The molecular formula is C15H22N2O3. The highest BCUT2D eigenvalue weighted by molar-refractivity contribution is 5.87. The largest absolute Gasteiger partial charge is 0.480 e. The molecule has 1 rings (SSSR count). The van der Waals surface area contributed by atoms with Gasteiger partial charge in [0.05, 0.1) is 5.92 Å². The quantitative estimate of drug-likeness (QED) is 0.853. The molecule has 1 amide bonds. The number of amides is 1. The molecular weight excluding hydrogens is 256 g/mol. The molecule has 0 bridgehead atoms. The minimum Gasteiger partial charge on any atom is -0.480 e. The van der Waals surface area contributed by atoms with Crippen LogP contribution in [0.2, 0.25) is 0 Å². The van der Waals surface area contributed by atoms with Crippen molar-refractivity contribution in [2.75, 3.05) is 13.1 Å². The fourth-order valence-electron chi connectivity index (χ4n) is 2.03. The van der Waals surface area contributed by atoms with Gasteiger partial charge in [0.2, 0.25) is 5.91 Å². The molecule has 5 nitrogen and oxygen atoms in total. The molecule has 0 radical (unpaired) electrons. The summed E-state index contributed by atoms with van der Waals surface area (Å²) >= 11 is 0. The molecule has 0 aromatic heterocycles. The van der Waals surface area contributed by atoms with Crippen molar-refractivity contribution in [3.05, 3.63) is 35.9 Å². The van der Waals surface area contributed by atoms with Crippen molar-refractivity contribution >= 4 is 11.9 Å². The number of nitrogens with two attached hydrogens (primary N) is 1. The van der Waals surface area contributed by atoms with Crippen molar-refractivity contribution in [2.24, 2.45) is 5.73 Å². The van der Waals surface area contributed by atoms with Crippen molar-refractivity contribution in [1.82, 2.24) is 4.90 Å². The molecule has 0 fully saturated rings. The van der Waals surface area contributed by atoms with Gasteiger partial charge < -0.3 is 15.7 Å². The number of nitrogens with zero attached hydrogens (tertiary/aromatic N) is 1. The lowest BCUT2D eigenvalue weighted by Gasteiger charge is -2.36. The lowest BCUT2D eigenvalue weighted by molar-refractivity contribution is -0.149. The van der Waals surface area contributed by atoms with Crippen LogP contribution in [0.1, 0.15) is 32.3 Å². The number of hydrogen-bond acceptors (Lipinski definition) is 3. The summed E-state index contributed by atoms with van der Waals surface area (Å²) in [5.41, 5.74) is 5.96. The molecule has 0 aliphatic carbocycles. The summed E-state index contributed by atoms with van der Waals surface area (Å²) in [4.78, 5) is 25.0. The first-order valence-corrected chi connectivity index (χ1v) is 6.55. The van der Waals surface area contributed by atoms with Crippen LogP contribution < -0.4 is 5.73 Å². The monoisotopic (exact) mass is 278 g/mol. The number of aliphatic carboxylic acids is 1. The molecule has 1 unspecified atom stereocenters. The zero-order valence-electron chi connectivity index (χ0n) is 12.2. The number of carbonyl (C=O) groups is 2. The highest BCUT2D eigenvalue weighted by Crippen LogP contribution is 2.22. The summed E-state index contributed by atoms with van der Waals surface area (Å²) in [6.07, 6.45) is 0. The average Bonchev–Trinajstić information content (AvgIpc) is 2.36. The van der Waals surface area contributed by atoms with Gasteiger partial charge in [-0.05, 0) is 26.3 Å². The minimum atomic E-state index is -1.03. The van der Waals surface area contributed by atoms with Crippen molar-refractivity contribution < 1.29 is 14.7 Å². The number of benzene rings is 1. The lowest BCUT2D eigenvalue weighted by atomic mass is 9.95. The van der Waals surface area contributed by atoms with E-state index in [1.165, 1.54) is 4.90 Å². The van der Waals surface area contributed by atoms with E-state index in [1.54, 1.807) is 0 Å². The minimum absolute atomic E-state index is 0.148. The Hall–Kier alpha value is -1.88. The van der Waals surface area contributed by atoms with Gasteiger partial charge in [-0.1, -0.05) is 30.3 Å². The SMILES string of the molecule is CC(C)(C)N(CC(=O)O)C(=O)C(CN)c1ccccc1. The zero-order chi connectivity index (χ0) is 15.3. The van der Waals surface area contributed by atoms with Gasteiger partial charge in [0.1, 0.15) is 6.54 Å². The number of hydrogen-bond donors (Lipinski definition) is 2. The maximum absolute atomic E-state index is 12.6. The number of carbonyl (C=O) groups excluding carboxylic acids is 1. The first-order chi connectivity index (χ1) is 9.27. The molecule has 5 heteroatoms. The molecule has 0 saturated carbocycles. The van der Waals surface area contributed by atoms with E-state index in [-0.39, 0.29) is 19.0 Å². The van der Waals surface area contributed by atoms with Crippen molar-refractivity contribution in [3.8, 4) is 0 Å². The third kappa shape index (κ3) is 4.06. The van der Waals surface area contributed by atoms with E-state index in [0.29, 0.717) is 0 Å². The summed E-state index contributed by atoms with van der Waals surface area (Å²) in [5.74, 6) is -1.81. The number of rotatable bonds is 5. The Morgan fingerprint density at radius 3 is 2.20 bits per heavy atom. The van der Waals surface area contributed by atoms with Crippen molar-refractivity contribution in [2.45, 2.75) is 32.2 Å². The van der Waals surface area contributed by atoms with Crippen molar-refractivity contribution in [1.29, 1.82) is 0 Å². The smallest absolute Gasteiger partial charge is 0.323 e. The second kappa shape index (κ2) is 6.52. The fraction of sp³-hybridized carbons (Fsp3) is 0.467.